The lowest BCUT2D eigenvalue weighted by Crippen LogP contribution is -2.66. The zero-order chi connectivity index (χ0) is 23.1. The van der Waals surface area contributed by atoms with Crippen LogP contribution in [-0.2, 0) is 20.6 Å². The third kappa shape index (κ3) is 8.68. The van der Waals surface area contributed by atoms with Gasteiger partial charge in [0.2, 0.25) is 0 Å². The molecule has 5 nitrogen and oxygen atoms in total. The zero-order valence-electron chi connectivity index (χ0n) is 21.3. The van der Waals surface area contributed by atoms with Crippen LogP contribution in [0.1, 0.15) is 64.2 Å². The standard InChI is InChI=1S/C20H46O5Si6/c1-26(2)21-30(22-27(3)4,19-15-11-9-12-16-19)25-31(23-28(5)6,24-29(7)8)20-17-13-10-14-18-20/h19-20H,9-18H2,1-8H3. The molecular formula is C20H46O5Si6. The zero-order valence-corrected chi connectivity index (χ0v) is 27.3. The first-order valence-corrected chi connectivity index (χ1v) is 25.5. The Morgan fingerprint density at radius 1 is 0.452 bits per heavy atom. The van der Waals surface area contributed by atoms with Crippen LogP contribution in [0.15, 0.2) is 0 Å². The Labute approximate surface area is 201 Å². The molecule has 0 spiro atoms. The highest BCUT2D eigenvalue weighted by molar-refractivity contribution is 6.86. The van der Waals surface area contributed by atoms with E-state index >= 15 is 0 Å². The molecule has 0 aromatic heterocycles. The second kappa shape index (κ2) is 13.3. The monoisotopic (exact) mass is 534 g/mol. The minimum Gasteiger partial charge on any atom is -0.416 e. The lowest BCUT2D eigenvalue weighted by molar-refractivity contribution is 0.150. The maximum absolute atomic E-state index is 7.44. The van der Waals surface area contributed by atoms with Gasteiger partial charge < -0.3 is 20.6 Å². The largest absolute Gasteiger partial charge is 0.475 e. The van der Waals surface area contributed by atoms with Crippen molar-refractivity contribution < 1.29 is 20.6 Å². The normalized spacial score (nSPS) is 20.5. The summed E-state index contributed by atoms with van der Waals surface area (Å²) in [7, 11) is -9.82. The van der Waals surface area contributed by atoms with Crippen molar-refractivity contribution in [2.24, 2.45) is 0 Å². The number of rotatable bonds is 12. The SMILES string of the molecule is C[Si](C)O[Si](O[Si](C)C)(O[Si](O[Si](C)C)(O[Si](C)C)C1CCCCC1)C1CCCCC1. The van der Waals surface area contributed by atoms with E-state index in [9.17, 15) is 0 Å². The van der Waals surface area contributed by atoms with E-state index in [0.29, 0.717) is 11.1 Å². The van der Waals surface area contributed by atoms with Gasteiger partial charge in [-0.15, -0.1) is 0 Å². The molecule has 4 radical (unpaired) electrons. The Morgan fingerprint density at radius 3 is 0.935 bits per heavy atom. The van der Waals surface area contributed by atoms with E-state index < -0.39 is 53.8 Å². The van der Waals surface area contributed by atoms with E-state index in [4.69, 9.17) is 20.6 Å². The molecule has 0 atom stereocenters. The first-order valence-electron chi connectivity index (χ1n) is 12.3. The molecule has 0 aromatic carbocycles. The highest BCUT2D eigenvalue weighted by Gasteiger charge is 2.61. The second-order valence-electron chi connectivity index (χ2n) is 10.0. The fourth-order valence-electron chi connectivity index (χ4n) is 4.87. The fraction of sp³-hybridized carbons (Fsp3) is 1.00. The molecule has 31 heavy (non-hydrogen) atoms. The molecule has 0 amide bonds. The maximum Gasteiger partial charge on any atom is 0.475 e. The number of hydrogen-bond acceptors (Lipinski definition) is 5. The van der Waals surface area contributed by atoms with Crippen LogP contribution in [0.25, 0.3) is 0 Å². The van der Waals surface area contributed by atoms with Gasteiger partial charge in [-0.25, -0.2) is 0 Å². The molecule has 180 valence electrons. The highest BCUT2D eigenvalue weighted by Crippen LogP contribution is 2.46. The van der Waals surface area contributed by atoms with E-state index in [2.05, 4.69) is 52.4 Å². The molecule has 0 bridgehead atoms. The summed E-state index contributed by atoms with van der Waals surface area (Å²) >= 11 is 0. The second-order valence-corrected chi connectivity index (χ2v) is 25.4. The molecule has 2 fully saturated rings. The summed E-state index contributed by atoms with van der Waals surface area (Å²) in [5.74, 6) is 0. The predicted molar refractivity (Wildman–Crippen MR) is 141 cm³/mol. The van der Waals surface area contributed by atoms with Gasteiger partial charge in [0, 0.05) is 11.1 Å². The molecule has 2 saturated carbocycles. The molecule has 0 unspecified atom stereocenters. The van der Waals surface area contributed by atoms with Gasteiger partial charge in [0.25, 0.3) is 0 Å². The Morgan fingerprint density at radius 2 is 0.710 bits per heavy atom. The molecule has 2 aliphatic rings. The molecule has 0 heterocycles. The minimum absolute atomic E-state index is 0.400. The fourth-order valence-corrected chi connectivity index (χ4v) is 25.0. The Balaban J connectivity index is 2.53. The van der Waals surface area contributed by atoms with Gasteiger partial charge in [-0.1, -0.05) is 38.5 Å². The van der Waals surface area contributed by atoms with Crippen LogP contribution in [0.2, 0.25) is 63.5 Å². The first-order chi connectivity index (χ1) is 14.6. The van der Waals surface area contributed by atoms with Crippen molar-refractivity contribution in [2.75, 3.05) is 0 Å². The van der Waals surface area contributed by atoms with E-state index in [1.807, 2.05) is 0 Å². The van der Waals surface area contributed by atoms with Crippen LogP contribution >= 0.6 is 0 Å². The van der Waals surface area contributed by atoms with Gasteiger partial charge in [-0.05, 0) is 78.1 Å². The van der Waals surface area contributed by atoms with Crippen LogP contribution in [0, 0.1) is 0 Å². The highest BCUT2D eigenvalue weighted by atomic mass is 28.5. The quantitative estimate of drug-likeness (QED) is 0.263. The Hall–Kier alpha value is 1.10. The summed E-state index contributed by atoms with van der Waals surface area (Å²) in [5, 5.41) is 0. The summed E-state index contributed by atoms with van der Waals surface area (Å²) in [6, 6.07) is 0. The van der Waals surface area contributed by atoms with Crippen LogP contribution in [0.4, 0.5) is 0 Å². The van der Waals surface area contributed by atoms with E-state index in [1.165, 1.54) is 38.5 Å². The van der Waals surface area contributed by atoms with Gasteiger partial charge in [-0.3, -0.25) is 0 Å². The van der Waals surface area contributed by atoms with E-state index in [0.717, 1.165) is 25.7 Å². The summed E-state index contributed by atoms with van der Waals surface area (Å²) < 4.78 is 35.1. The van der Waals surface area contributed by atoms with Gasteiger partial charge in [0.15, 0.2) is 36.2 Å². The average molecular weight is 535 g/mol. The van der Waals surface area contributed by atoms with E-state index in [-0.39, 0.29) is 0 Å². The molecule has 2 aliphatic carbocycles. The predicted octanol–water partition coefficient (Wildman–Crippen LogP) is 6.62. The lowest BCUT2D eigenvalue weighted by Gasteiger charge is -2.48. The summed E-state index contributed by atoms with van der Waals surface area (Å²) in [4.78, 5) is 0. The summed E-state index contributed by atoms with van der Waals surface area (Å²) in [6.07, 6.45) is 12.3. The van der Waals surface area contributed by atoms with Crippen LogP contribution in [0.3, 0.4) is 0 Å². The smallest absolute Gasteiger partial charge is 0.416 e. The third-order valence-corrected chi connectivity index (χ3v) is 22.4. The van der Waals surface area contributed by atoms with E-state index in [1.54, 1.807) is 0 Å². The van der Waals surface area contributed by atoms with Crippen LogP contribution < -0.4 is 0 Å². The van der Waals surface area contributed by atoms with Gasteiger partial charge in [-0.2, -0.15) is 0 Å². The molecular weight excluding hydrogens is 489 g/mol. The third-order valence-electron chi connectivity index (χ3n) is 5.88. The van der Waals surface area contributed by atoms with Crippen molar-refractivity contribution in [1.82, 2.24) is 0 Å². The molecule has 0 aliphatic heterocycles. The lowest BCUT2D eigenvalue weighted by atomic mass is 10.0. The van der Waals surface area contributed by atoms with Gasteiger partial charge >= 0.3 is 17.6 Å². The van der Waals surface area contributed by atoms with Gasteiger partial charge in [0.1, 0.15) is 0 Å². The van der Waals surface area contributed by atoms with Crippen molar-refractivity contribution in [2.45, 2.75) is 128 Å². The van der Waals surface area contributed by atoms with Crippen molar-refractivity contribution in [1.29, 1.82) is 0 Å². The minimum atomic E-state index is -2.94. The topological polar surface area (TPSA) is 46.2 Å². The molecule has 2 rings (SSSR count). The van der Waals surface area contributed by atoms with Crippen molar-refractivity contribution >= 4 is 53.8 Å². The van der Waals surface area contributed by atoms with Crippen molar-refractivity contribution in [3.63, 3.8) is 0 Å². The van der Waals surface area contributed by atoms with Crippen LogP contribution in [0.5, 0.6) is 0 Å². The number of hydrogen-bond donors (Lipinski definition) is 0. The molecule has 0 saturated heterocycles. The molecule has 0 aromatic rings. The Kier molecular flexibility index (Phi) is 12.1. The van der Waals surface area contributed by atoms with Gasteiger partial charge in [0.05, 0.1) is 0 Å². The first kappa shape index (κ1) is 28.3. The Bertz CT molecular complexity index is 446. The average Bonchev–Trinajstić information content (AvgIpc) is 2.67. The van der Waals surface area contributed by atoms with Crippen molar-refractivity contribution in [3.8, 4) is 0 Å². The molecule has 0 N–H and O–H groups in total. The maximum atomic E-state index is 7.44. The van der Waals surface area contributed by atoms with Crippen molar-refractivity contribution in [3.05, 3.63) is 0 Å². The molecule has 11 heteroatoms. The summed E-state index contributed by atoms with van der Waals surface area (Å²) in [6.45, 7) is 17.8. The van der Waals surface area contributed by atoms with Crippen LogP contribution in [-0.4, -0.2) is 53.8 Å². The summed E-state index contributed by atoms with van der Waals surface area (Å²) in [5.41, 5.74) is 0.801.